The van der Waals surface area contributed by atoms with Crippen molar-refractivity contribution >= 4 is 28.4 Å². The van der Waals surface area contributed by atoms with Crippen LogP contribution in [0.4, 0.5) is 0 Å². The highest BCUT2D eigenvalue weighted by Crippen LogP contribution is 2.36. The summed E-state index contributed by atoms with van der Waals surface area (Å²) in [6.07, 6.45) is 2.30. The molecule has 6 heteroatoms. The SMILES string of the molecule is CC1(CNC(=O)c2n[nH]c(=O)c3ccccc23)CCCS1. The highest BCUT2D eigenvalue weighted by Gasteiger charge is 2.30. The first-order valence-electron chi connectivity index (χ1n) is 6.99. The fourth-order valence-corrected chi connectivity index (χ4v) is 3.86. The van der Waals surface area contributed by atoms with E-state index in [1.807, 2.05) is 11.8 Å². The van der Waals surface area contributed by atoms with Gasteiger partial charge in [0, 0.05) is 16.7 Å². The number of carbonyl (C=O) groups excluding carboxylic acids is 1. The number of benzene rings is 1. The number of fused-ring (bicyclic) bond motifs is 1. The van der Waals surface area contributed by atoms with Crippen molar-refractivity contribution in [1.29, 1.82) is 0 Å². The molecule has 1 saturated heterocycles. The van der Waals surface area contributed by atoms with Crippen molar-refractivity contribution in [3.63, 3.8) is 0 Å². The predicted octanol–water partition coefficient (Wildman–Crippen LogP) is 1.94. The third-order valence-electron chi connectivity index (χ3n) is 3.83. The summed E-state index contributed by atoms with van der Waals surface area (Å²) in [4.78, 5) is 24.1. The number of hydrogen-bond acceptors (Lipinski definition) is 4. The van der Waals surface area contributed by atoms with E-state index in [1.54, 1.807) is 24.3 Å². The van der Waals surface area contributed by atoms with Gasteiger partial charge in [0.2, 0.25) is 0 Å². The second kappa shape index (κ2) is 5.52. The second-order valence-corrected chi connectivity index (χ2v) is 7.21. The molecule has 0 aliphatic carbocycles. The van der Waals surface area contributed by atoms with Crippen LogP contribution in [0.3, 0.4) is 0 Å². The molecule has 0 spiro atoms. The molecule has 1 atom stereocenters. The van der Waals surface area contributed by atoms with Gasteiger partial charge in [0.15, 0.2) is 5.69 Å². The number of nitrogens with zero attached hydrogens (tertiary/aromatic N) is 1. The number of amides is 1. The van der Waals surface area contributed by atoms with Gasteiger partial charge in [-0.25, -0.2) is 5.10 Å². The lowest BCUT2D eigenvalue weighted by molar-refractivity contribution is 0.0946. The first kappa shape index (κ1) is 14.1. The van der Waals surface area contributed by atoms with Crippen LogP contribution in [0.25, 0.3) is 10.8 Å². The van der Waals surface area contributed by atoms with E-state index < -0.39 is 0 Å². The molecule has 1 amide bonds. The molecule has 5 nitrogen and oxygen atoms in total. The van der Waals surface area contributed by atoms with Gasteiger partial charge in [-0.05, 0) is 31.6 Å². The van der Waals surface area contributed by atoms with Crippen LogP contribution in [0, 0.1) is 0 Å². The molecule has 3 rings (SSSR count). The number of hydrogen-bond donors (Lipinski definition) is 2. The van der Waals surface area contributed by atoms with E-state index in [0.717, 1.165) is 12.2 Å². The fourth-order valence-electron chi connectivity index (χ4n) is 2.62. The minimum Gasteiger partial charge on any atom is -0.349 e. The van der Waals surface area contributed by atoms with Crippen molar-refractivity contribution in [3.8, 4) is 0 Å². The largest absolute Gasteiger partial charge is 0.349 e. The topological polar surface area (TPSA) is 74.8 Å². The van der Waals surface area contributed by atoms with E-state index in [-0.39, 0.29) is 21.9 Å². The lowest BCUT2D eigenvalue weighted by Gasteiger charge is -2.22. The summed E-state index contributed by atoms with van der Waals surface area (Å²) >= 11 is 1.89. The van der Waals surface area contributed by atoms with Gasteiger partial charge in [0.05, 0.1) is 5.39 Å². The van der Waals surface area contributed by atoms with Gasteiger partial charge < -0.3 is 5.32 Å². The highest BCUT2D eigenvalue weighted by atomic mass is 32.2. The van der Waals surface area contributed by atoms with Crippen molar-refractivity contribution in [3.05, 3.63) is 40.3 Å². The number of aromatic amines is 1. The number of nitrogens with one attached hydrogen (secondary N) is 2. The minimum absolute atomic E-state index is 0.105. The van der Waals surface area contributed by atoms with Crippen LogP contribution in [0.5, 0.6) is 0 Å². The average Bonchev–Trinajstić information content (AvgIpc) is 2.93. The van der Waals surface area contributed by atoms with Gasteiger partial charge in [-0.2, -0.15) is 16.9 Å². The molecule has 2 heterocycles. The Morgan fingerprint density at radius 1 is 1.43 bits per heavy atom. The van der Waals surface area contributed by atoms with E-state index in [0.29, 0.717) is 17.3 Å². The molecular weight excluding hydrogens is 286 g/mol. The number of rotatable bonds is 3. The summed E-state index contributed by atoms with van der Waals surface area (Å²) in [5.74, 6) is 0.905. The summed E-state index contributed by atoms with van der Waals surface area (Å²) in [5, 5.41) is 10.3. The maximum absolute atomic E-state index is 12.4. The van der Waals surface area contributed by atoms with Crippen LogP contribution < -0.4 is 10.9 Å². The van der Waals surface area contributed by atoms with Gasteiger partial charge >= 0.3 is 0 Å². The predicted molar refractivity (Wildman–Crippen MR) is 84.8 cm³/mol. The third kappa shape index (κ3) is 2.81. The lowest BCUT2D eigenvalue weighted by atomic mass is 10.1. The Balaban J connectivity index is 1.85. The molecule has 1 aromatic heterocycles. The first-order chi connectivity index (χ1) is 10.1. The van der Waals surface area contributed by atoms with Gasteiger partial charge in [-0.3, -0.25) is 9.59 Å². The van der Waals surface area contributed by atoms with Crippen LogP contribution in [0.2, 0.25) is 0 Å². The summed E-state index contributed by atoms with van der Waals surface area (Å²) in [7, 11) is 0. The summed E-state index contributed by atoms with van der Waals surface area (Å²) in [6, 6.07) is 7.02. The van der Waals surface area contributed by atoms with Crippen molar-refractivity contribution in [2.45, 2.75) is 24.5 Å². The lowest BCUT2D eigenvalue weighted by Crippen LogP contribution is -2.37. The molecule has 0 radical (unpaired) electrons. The number of H-pyrrole nitrogens is 1. The van der Waals surface area contributed by atoms with E-state index in [9.17, 15) is 9.59 Å². The summed E-state index contributed by atoms with van der Waals surface area (Å²) in [6.45, 7) is 2.79. The molecule has 0 bridgehead atoms. The number of aromatic nitrogens is 2. The molecule has 1 aromatic carbocycles. The Morgan fingerprint density at radius 2 is 2.19 bits per heavy atom. The minimum atomic E-state index is -0.277. The molecular formula is C15H17N3O2S. The summed E-state index contributed by atoms with van der Waals surface area (Å²) < 4.78 is 0.105. The zero-order chi connectivity index (χ0) is 14.9. The molecule has 1 aliphatic rings. The van der Waals surface area contributed by atoms with Crippen LogP contribution in [-0.4, -0.2) is 33.1 Å². The molecule has 0 saturated carbocycles. The van der Waals surface area contributed by atoms with Crippen molar-refractivity contribution in [2.24, 2.45) is 0 Å². The van der Waals surface area contributed by atoms with E-state index in [2.05, 4.69) is 22.4 Å². The van der Waals surface area contributed by atoms with Crippen LogP contribution in [0.1, 0.15) is 30.3 Å². The van der Waals surface area contributed by atoms with Gasteiger partial charge in [-0.1, -0.05) is 18.2 Å². The Labute approximate surface area is 126 Å². The monoisotopic (exact) mass is 303 g/mol. The molecule has 2 aromatic rings. The highest BCUT2D eigenvalue weighted by molar-refractivity contribution is 8.00. The Bertz CT molecular complexity index is 735. The van der Waals surface area contributed by atoms with Crippen molar-refractivity contribution in [2.75, 3.05) is 12.3 Å². The van der Waals surface area contributed by atoms with Gasteiger partial charge in [0.1, 0.15) is 0 Å². The second-order valence-electron chi connectivity index (χ2n) is 5.53. The maximum atomic E-state index is 12.4. The van der Waals surface area contributed by atoms with Crippen molar-refractivity contribution < 1.29 is 4.79 Å². The standard InChI is InChI=1S/C15H17N3O2S/c1-15(7-4-8-21-15)9-16-14(20)12-10-5-2-3-6-11(10)13(19)18-17-12/h2-3,5-6H,4,7-9H2,1H3,(H,16,20)(H,18,19). The van der Waals surface area contributed by atoms with Gasteiger partial charge in [0.25, 0.3) is 11.5 Å². The number of carbonyl (C=O) groups is 1. The van der Waals surface area contributed by atoms with E-state index >= 15 is 0 Å². The number of thioether (sulfide) groups is 1. The quantitative estimate of drug-likeness (QED) is 0.908. The van der Waals surface area contributed by atoms with Gasteiger partial charge in [-0.15, -0.1) is 0 Å². The fraction of sp³-hybridized carbons (Fsp3) is 0.400. The van der Waals surface area contributed by atoms with E-state index in [4.69, 9.17) is 0 Å². The average molecular weight is 303 g/mol. The van der Waals surface area contributed by atoms with Crippen molar-refractivity contribution in [1.82, 2.24) is 15.5 Å². The third-order valence-corrected chi connectivity index (χ3v) is 5.37. The zero-order valence-corrected chi connectivity index (χ0v) is 12.6. The van der Waals surface area contributed by atoms with Crippen LogP contribution in [0.15, 0.2) is 29.1 Å². The summed E-state index contributed by atoms with van der Waals surface area (Å²) in [5.41, 5.74) is -0.00254. The Morgan fingerprint density at radius 3 is 2.90 bits per heavy atom. The zero-order valence-electron chi connectivity index (χ0n) is 11.8. The van der Waals surface area contributed by atoms with Crippen LogP contribution >= 0.6 is 11.8 Å². The molecule has 1 unspecified atom stereocenters. The molecule has 1 fully saturated rings. The molecule has 21 heavy (non-hydrogen) atoms. The Kier molecular flexibility index (Phi) is 3.71. The van der Waals surface area contributed by atoms with Crippen LogP contribution in [-0.2, 0) is 0 Å². The smallest absolute Gasteiger partial charge is 0.272 e. The normalized spacial score (nSPS) is 21.6. The molecule has 2 N–H and O–H groups in total. The maximum Gasteiger partial charge on any atom is 0.272 e. The molecule has 1 aliphatic heterocycles. The molecule has 110 valence electrons. The van der Waals surface area contributed by atoms with E-state index in [1.165, 1.54) is 6.42 Å². The Hall–Kier alpha value is -1.82. The first-order valence-corrected chi connectivity index (χ1v) is 7.97.